The van der Waals surface area contributed by atoms with Crippen LogP contribution in [-0.2, 0) is 40.5 Å². The average molecular weight is 752 g/mol. The van der Waals surface area contributed by atoms with Gasteiger partial charge in [-0.15, -0.1) is 15.3 Å². The van der Waals surface area contributed by atoms with E-state index in [1.807, 2.05) is 0 Å². The van der Waals surface area contributed by atoms with E-state index in [1.165, 1.54) is 31.2 Å². The fourth-order valence-corrected chi connectivity index (χ4v) is 7.01. The van der Waals surface area contributed by atoms with Crippen LogP contribution in [0.25, 0.3) is 21.5 Å². The fourth-order valence-electron chi connectivity index (χ4n) is 4.65. The molecular weight excluding hydrogens is 731 g/mol. The molecule has 5 aromatic rings. The lowest BCUT2D eigenvalue weighted by atomic mass is 10.1. The summed E-state index contributed by atoms with van der Waals surface area (Å²) >= 11 is 0. The van der Waals surface area contributed by atoms with Crippen LogP contribution in [0, 0.1) is 6.92 Å². The standard InChI is InChI=1S/C27H21N5O13S4/c1-13-8-15(46(34,35)36)3-5-21(13)29-30-22-6-7-23(19-11-16(47(37,38)39)2-4-17(19)22)31-32-26-25(49(43,44)45)10-14-9-24(48(40,41)42)20(28)12-18(14)27(26)33/h2-12,33H,28H2,1H3,(H,34,35,36)(H,37,38,39)(H,40,41,42)(H,43,44,45)/b30-29+,32-31+. The van der Waals surface area contributed by atoms with Crippen LogP contribution in [0.4, 0.5) is 28.4 Å². The van der Waals surface area contributed by atoms with E-state index in [0.717, 1.165) is 42.5 Å². The second-order valence-corrected chi connectivity index (χ2v) is 15.9. The van der Waals surface area contributed by atoms with E-state index < -0.39 is 72.3 Å². The first-order chi connectivity index (χ1) is 22.6. The van der Waals surface area contributed by atoms with E-state index in [4.69, 9.17) is 5.73 Å². The average Bonchev–Trinajstić information content (AvgIpc) is 2.98. The minimum atomic E-state index is -5.18. The summed E-state index contributed by atoms with van der Waals surface area (Å²) in [5.74, 6) is -0.925. The number of benzene rings is 5. The summed E-state index contributed by atoms with van der Waals surface area (Å²) in [6, 6.07) is 11.8. The third-order valence-electron chi connectivity index (χ3n) is 6.97. The van der Waals surface area contributed by atoms with E-state index in [-0.39, 0.29) is 43.5 Å². The van der Waals surface area contributed by atoms with Crippen LogP contribution < -0.4 is 5.73 Å². The van der Waals surface area contributed by atoms with Crippen molar-refractivity contribution in [3.8, 4) is 5.75 Å². The first-order valence-electron chi connectivity index (χ1n) is 13.1. The predicted octanol–water partition coefficient (Wildman–Crippen LogP) is 5.41. The van der Waals surface area contributed by atoms with E-state index >= 15 is 0 Å². The molecule has 0 aromatic heterocycles. The number of phenols is 1. The summed E-state index contributed by atoms with van der Waals surface area (Å²) in [5, 5.41) is 26.5. The summed E-state index contributed by atoms with van der Waals surface area (Å²) in [5.41, 5.74) is 4.81. The minimum Gasteiger partial charge on any atom is -0.505 e. The molecule has 0 fully saturated rings. The quantitative estimate of drug-likeness (QED) is 0.0656. The number of aryl methyl sites for hydroxylation is 1. The Balaban J connectivity index is 1.69. The molecule has 0 aliphatic carbocycles. The highest BCUT2D eigenvalue weighted by atomic mass is 32.2. The molecule has 0 atom stereocenters. The van der Waals surface area contributed by atoms with Crippen LogP contribution >= 0.6 is 0 Å². The highest BCUT2D eigenvalue weighted by molar-refractivity contribution is 7.86. The number of nitrogens with two attached hydrogens (primary N) is 1. The van der Waals surface area contributed by atoms with Crippen molar-refractivity contribution < 1.29 is 57.0 Å². The molecule has 0 spiro atoms. The molecule has 0 saturated heterocycles. The molecule has 22 heteroatoms. The van der Waals surface area contributed by atoms with E-state index in [1.54, 1.807) is 0 Å². The summed E-state index contributed by atoms with van der Waals surface area (Å²) in [7, 11) is -19.3. The van der Waals surface area contributed by atoms with Crippen molar-refractivity contribution in [2.24, 2.45) is 20.5 Å². The zero-order valence-corrected chi connectivity index (χ0v) is 27.6. The van der Waals surface area contributed by atoms with Crippen molar-refractivity contribution in [3.63, 3.8) is 0 Å². The molecule has 18 nitrogen and oxygen atoms in total. The maximum absolute atomic E-state index is 12.3. The van der Waals surface area contributed by atoms with Crippen LogP contribution in [0.1, 0.15) is 5.56 Å². The summed E-state index contributed by atoms with van der Waals surface area (Å²) < 4.78 is 133. The third-order valence-corrected chi connectivity index (χ3v) is 10.4. The number of aromatic hydroxyl groups is 1. The van der Waals surface area contributed by atoms with Gasteiger partial charge in [-0.05, 0) is 78.5 Å². The summed E-state index contributed by atoms with van der Waals surface area (Å²) in [4.78, 5) is -2.79. The first kappa shape index (κ1) is 35.4. The van der Waals surface area contributed by atoms with Gasteiger partial charge >= 0.3 is 0 Å². The number of phenolic OH excluding ortho intramolecular Hbond substituents is 1. The van der Waals surface area contributed by atoms with Gasteiger partial charge in [0.05, 0.1) is 32.5 Å². The number of azo groups is 2. The summed E-state index contributed by atoms with van der Waals surface area (Å²) in [6.45, 7) is 1.51. The topological polar surface area (TPSA) is 313 Å². The van der Waals surface area contributed by atoms with Gasteiger partial charge in [0.2, 0.25) is 0 Å². The number of anilines is 1. The zero-order valence-electron chi connectivity index (χ0n) is 24.4. The molecule has 0 radical (unpaired) electrons. The molecule has 0 bridgehead atoms. The number of nitrogens with zero attached hydrogens (tertiary/aromatic N) is 4. The number of hydrogen-bond acceptors (Lipinski definition) is 14. The molecule has 0 heterocycles. The Labute approximate surface area is 277 Å². The predicted molar refractivity (Wildman–Crippen MR) is 173 cm³/mol. The molecule has 49 heavy (non-hydrogen) atoms. The van der Waals surface area contributed by atoms with Gasteiger partial charge in [-0.25, -0.2) is 0 Å². The smallest absolute Gasteiger partial charge is 0.296 e. The Kier molecular flexibility index (Phi) is 8.80. The van der Waals surface area contributed by atoms with E-state index in [2.05, 4.69) is 20.5 Å². The number of nitrogen functional groups attached to an aromatic ring is 1. The molecular formula is C27H21N5O13S4. The van der Waals surface area contributed by atoms with Crippen molar-refractivity contribution in [1.29, 1.82) is 0 Å². The molecule has 0 unspecified atom stereocenters. The van der Waals surface area contributed by atoms with Gasteiger partial charge in [0, 0.05) is 16.2 Å². The fraction of sp³-hybridized carbons (Fsp3) is 0.0370. The molecule has 256 valence electrons. The lowest BCUT2D eigenvalue weighted by Gasteiger charge is -2.11. The van der Waals surface area contributed by atoms with Gasteiger partial charge in [-0.3, -0.25) is 18.2 Å². The Morgan fingerprint density at radius 2 is 1.02 bits per heavy atom. The second-order valence-electron chi connectivity index (χ2n) is 10.2. The van der Waals surface area contributed by atoms with Crippen molar-refractivity contribution in [2.45, 2.75) is 26.5 Å². The Morgan fingerprint density at radius 3 is 1.59 bits per heavy atom. The molecule has 5 aromatic carbocycles. The van der Waals surface area contributed by atoms with Gasteiger partial charge in [0.25, 0.3) is 40.5 Å². The van der Waals surface area contributed by atoms with Crippen LogP contribution in [0.15, 0.2) is 107 Å². The molecule has 5 rings (SSSR count). The van der Waals surface area contributed by atoms with E-state index in [0.29, 0.717) is 5.56 Å². The van der Waals surface area contributed by atoms with Gasteiger partial charge in [-0.1, -0.05) is 6.07 Å². The van der Waals surface area contributed by atoms with Crippen molar-refractivity contribution in [1.82, 2.24) is 0 Å². The van der Waals surface area contributed by atoms with Gasteiger partial charge in [0.15, 0.2) is 5.75 Å². The van der Waals surface area contributed by atoms with Crippen molar-refractivity contribution in [3.05, 3.63) is 72.3 Å². The van der Waals surface area contributed by atoms with Gasteiger partial charge < -0.3 is 10.8 Å². The maximum Gasteiger partial charge on any atom is 0.296 e. The largest absolute Gasteiger partial charge is 0.505 e. The van der Waals surface area contributed by atoms with Crippen LogP contribution in [0.3, 0.4) is 0 Å². The lowest BCUT2D eigenvalue weighted by Crippen LogP contribution is -2.04. The first-order valence-corrected chi connectivity index (χ1v) is 18.8. The van der Waals surface area contributed by atoms with Crippen LogP contribution in [0.5, 0.6) is 5.75 Å². The molecule has 0 amide bonds. The van der Waals surface area contributed by atoms with Crippen LogP contribution in [0.2, 0.25) is 0 Å². The SMILES string of the molecule is Cc1cc(S(=O)(=O)O)ccc1/N=N/c1ccc(/N=N/c2c(S(=O)(=O)O)cc3cc(S(=O)(=O)O)c(N)cc3c2O)c2cc(S(=O)(=O)O)ccc12. The number of fused-ring (bicyclic) bond motifs is 2. The monoisotopic (exact) mass is 751 g/mol. The normalized spacial score (nSPS) is 13.2. The Bertz CT molecular complexity index is 2750. The highest BCUT2D eigenvalue weighted by Gasteiger charge is 2.25. The third kappa shape index (κ3) is 7.25. The minimum absolute atomic E-state index is 0.0375. The second kappa shape index (κ2) is 12.2. The van der Waals surface area contributed by atoms with Gasteiger partial charge in [0.1, 0.15) is 15.5 Å². The number of hydrogen-bond donors (Lipinski definition) is 6. The molecule has 7 N–H and O–H groups in total. The van der Waals surface area contributed by atoms with Gasteiger partial charge in [-0.2, -0.15) is 38.8 Å². The maximum atomic E-state index is 12.3. The zero-order chi connectivity index (χ0) is 36.3. The Morgan fingerprint density at radius 1 is 0.531 bits per heavy atom. The van der Waals surface area contributed by atoms with Crippen molar-refractivity contribution >= 4 is 90.5 Å². The molecule has 0 aliphatic heterocycles. The Hall–Kier alpha value is -4.94. The number of rotatable bonds is 8. The molecule has 0 saturated carbocycles. The highest BCUT2D eigenvalue weighted by Crippen LogP contribution is 2.44. The summed E-state index contributed by atoms with van der Waals surface area (Å²) in [6.07, 6.45) is 0. The van der Waals surface area contributed by atoms with Crippen molar-refractivity contribution in [2.75, 3.05) is 5.73 Å². The van der Waals surface area contributed by atoms with E-state index in [9.17, 15) is 57.0 Å². The molecule has 0 aliphatic rings. The lowest BCUT2D eigenvalue weighted by molar-refractivity contribution is 0.472. The van der Waals surface area contributed by atoms with Crippen LogP contribution in [-0.4, -0.2) is 57.0 Å².